The van der Waals surface area contributed by atoms with Gasteiger partial charge < -0.3 is 0 Å². The Bertz CT molecular complexity index is 180. The fourth-order valence-corrected chi connectivity index (χ4v) is 3.34. The van der Waals surface area contributed by atoms with Gasteiger partial charge in [-0.15, -0.1) is 0 Å². The summed E-state index contributed by atoms with van der Waals surface area (Å²) in [7, 11) is 0. The highest BCUT2D eigenvalue weighted by molar-refractivity contribution is 4.96. The molecule has 1 fully saturated rings. The van der Waals surface area contributed by atoms with Crippen molar-refractivity contribution in [3.8, 4) is 0 Å². The monoisotopic (exact) mass is 197 g/mol. The minimum atomic E-state index is 0.432. The van der Waals surface area contributed by atoms with Gasteiger partial charge in [-0.25, -0.2) is 0 Å². The van der Waals surface area contributed by atoms with E-state index in [1.165, 1.54) is 19.5 Å². The molecule has 0 aromatic carbocycles. The van der Waals surface area contributed by atoms with Crippen LogP contribution in [0.1, 0.15) is 48.0 Å². The van der Waals surface area contributed by atoms with Crippen LogP contribution >= 0.6 is 0 Å². The van der Waals surface area contributed by atoms with Crippen molar-refractivity contribution in [1.29, 1.82) is 0 Å². The maximum absolute atomic E-state index is 2.68. The quantitative estimate of drug-likeness (QED) is 0.656. The Kier molecular flexibility index (Phi) is 3.63. The summed E-state index contributed by atoms with van der Waals surface area (Å²) in [5, 5.41) is 0. The molecule has 0 N–H and O–H groups in total. The zero-order valence-corrected chi connectivity index (χ0v) is 10.8. The van der Waals surface area contributed by atoms with E-state index in [4.69, 9.17) is 0 Å². The maximum atomic E-state index is 2.68. The van der Waals surface area contributed by atoms with Gasteiger partial charge in [0.25, 0.3) is 0 Å². The topological polar surface area (TPSA) is 3.24 Å². The summed E-state index contributed by atoms with van der Waals surface area (Å²) < 4.78 is 0. The predicted octanol–water partition coefficient (Wildman–Crippen LogP) is 3.40. The van der Waals surface area contributed by atoms with Crippen LogP contribution in [0.15, 0.2) is 0 Å². The standard InChI is InChI=1S/C13H27N/c1-7-11-10(3)9-14(8-2)12(11)13(4,5)6/h10-12H,7-9H2,1-6H3. The van der Waals surface area contributed by atoms with Crippen LogP contribution in [0.25, 0.3) is 0 Å². The molecule has 0 radical (unpaired) electrons. The third-order valence-electron chi connectivity index (χ3n) is 3.82. The predicted molar refractivity (Wildman–Crippen MR) is 63.4 cm³/mol. The fraction of sp³-hybridized carbons (Fsp3) is 1.00. The molecule has 1 aliphatic heterocycles. The van der Waals surface area contributed by atoms with Crippen molar-refractivity contribution in [2.45, 2.75) is 54.0 Å². The SMILES string of the molecule is CCC1C(C)CN(CC)C1C(C)(C)C. The lowest BCUT2D eigenvalue weighted by Gasteiger charge is -2.38. The zero-order valence-electron chi connectivity index (χ0n) is 10.8. The molecule has 0 amide bonds. The number of likely N-dealkylation sites (tertiary alicyclic amines) is 1. The lowest BCUT2D eigenvalue weighted by atomic mass is 9.76. The number of rotatable bonds is 2. The van der Waals surface area contributed by atoms with E-state index in [1.807, 2.05) is 0 Å². The first-order valence-electron chi connectivity index (χ1n) is 6.15. The van der Waals surface area contributed by atoms with E-state index in [0.29, 0.717) is 5.41 Å². The van der Waals surface area contributed by atoms with Crippen LogP contribution in [-0.2, 0) is 0 Å². The van der Waals surface area contributed by atoms with E-state index in [0.717, 1.165) is 17.9 Å². The third-order valence-corrected chi connectivity index (χ3v) is 3.82. The number of hydrogen-bond donors (Lipinski definition) is 0. The summed E-state index contributed by atoms with van der Waals surface area (Å²) in [5.41, 5.74) is 0.432. The normalized spacial score (nSPS) is 35.1. The second-order valence-corrected chi connectivity index (χ2v) is 5.95. The van der Waals surface area contributed by atoms with Crippen LogP contribution < -0.4 is 0 Å². The van der Waals surface area contributed by atoms with Crippen molar-refractivity contribution in [2.75, 3.05) is 13.1 Å². The van der Waals surface area contributed by atoms with E-state index in [1.54, 1.807) is 0 Å². The summed E-state index contributed by atoms with van der Waals surface area (Å²) in [6.45, 7) is 16.7. The molecule has 1 heterocycles. The Morgan fingerprint density at radius 1 is 1.21 bits per heavy atom. The summed E-state index contributed by atoms with van der Waals surface area (Å²) >= 11 is 0. The van der Waals surface area contributed by atoms with Crippen LogP contribution in [0.2, 0.25) is 0 Å². The van der Waals surface area contributed by atoms with Crippen LogP contribution in [0.5, 0.6) is 0 Å². The molecule has 1 saturated heterocycles. The highest BCUT2D eigenvalue weighted by Gasteiger charge is 2.43. The molecule has 0 bridgehead atoms. The molecule has 0 aromatic rings. The van der Waals surface area contributed by atoms with Crippen molar-refractivity contribution in [3.63, 3.8) is 0 Å². The molecule has 0 aromatic heterocycles. The van der Waals surface area contributed by atoms with Gasteiger partial charge in [0.05, 0.1) is 0 Å². The molecule has 14 heavy (non-hydrogen) atoms. The summed E-state index contributed by atoms with van der Waals surface area (Å²) in [4.78, 5) is 2.68. The molecule has 84 valence electrons. The number of nitrogens with zero attached hydrogens (tertiary/aromatic N) is 1. The molecule has 0 saturated carbocycles. The van der Waals surface area contributed by atoms with Crippen LogP contribution in [0, 0.1) is 17.3 Å². The van der Waals surface area contributed by atoms with E-state index in [-0.39, 0.29) is 0 Å². The minimum Gasteiger partial charge on any atom is -0.300 e. The van der Waals surface area contributed by atoms with Gasteiger partial charge in [0.15, 0.2) is 0 Å². The molecule has 1 rings (SSSR count). The Labute approximate surface area is 89.9 Å². The average molecular weight is 197 g/mol. The van der Waals surface area contributed by atoms with Gasteiger partial charge >= 0.3 is 0 Å². The minimum absolute atomic E-state index is 0.432. The highest BCUT2D eigenvalue weighted by atomic mass is 15.2. The highest BCUT2D eigenvalue weighted by Crippen LogP contribution is 2.41. The Balaban J connectivity index is 2.85. The molecule has 0 aliphatic carbocycles. The van der Waals surface area contributed by atoms with E-state index in [2.05, 4.69) is 46.4 Å². The van der Waals surface area contributed by atoms with Crippen molar-refractivity contribution in [3.05, 3.63) is 0 Å². The zero-order chi connectivity index (χ0) is 10.9. The smallest absolute Gasteiger partial charge is 0.0175 e. The largest absolute Gasteiger partial charge is 0.300 e. The lowest BCUT2D eigenvalue weighted by molar-refractivity contribution is 0.112. The summed E-state index contributed by atoms with van der Waals surface area (Å²) in [5.74, 6) is 1.78. The first-order valence-corrected chi connectivity index (χ1v) is 6.15. The van der Waals surface area contributed by atoms with E-state index < -0.39 is 0 Å². The van der Waals surface area contributed by atoms with E-state index in [9.17, 15) is 0 Å². The molecular weight excluding hydrogens is 170 g/mol. The van der Waals surface area contributed by atoms with Gasteiger partial charge in [-0.1, -0.05) is 48.0 Å². The molecular formula is C13H27N. The van der Waals surface area contributed by atoms with Crippen LogP contribution in [0.3, 0.4) is 0 Å². The van der Waals surface area contributed by atoms with Crippen molar-refractivity contribution < 1.29 is 0 Å². The van der Waals surface area contributed by atoms with Gasteiger partial charge in [0.1, 0.15) is 0 Å². The Morgan fingerprint density at radius 3 is 2.14 bits per heavy atom. The first-order chi connectivity index (χ1) is 6.41. The Hall–Kier alpha value is -0.0400. The molecule has 3 unspecified atom stereocenters. The second kappa shape index (κ2) is 4.22. The maximum Gasteiger partial charge on any atom is 0.0175 e. The van der Waals surface area contributed by atoms with Crippen LogP contribution in [-0.4, -0.2) is 24.0 Å². The molecule has 0 spiro atoms. The third kappa shape index (κ3) is 2.13. The molecule has 1 nitrogen and oxygen atoms in total. The Morgan fingerprint density at radius 2 is 1.79 bits per heavy atom. The summed E-state index contributed by atoms with van der Waals surface area (Å²) in [6.07, 6.45) is 1.33. The number of hydrogen-bond acceptors (Lipinski definition) is 1. The molecule has 3 atom stereocenters. The van der Waals surface area contributed by atoms with Gasteiger partial charge in [-0.05, 0) is 23.8 Å². The van der Waals surface area contributed by atoms with Gasteiger partial charge in [-0.3, -0.25) is 4.90 Å². The van der Waals surface area contributed by atoms with Crippen molar-refractivity contribution in [1.82, 2.24) is 4.90 Å². The fourth-order valence-electron chi connectivity index (χ4n) is 3.34. The summed E-state index contributed by atoms with van der Waals surface area (Å²) in [6, 6.07) is 0.785. The lowest BCUT2D eigenvalue weighted by Crippen LogP contribution is -2.42. The second-order valence-electron chi connectivity index (χ2n) is 5.95. The van der Waals surface area contributed by atoms with Gasteiger partial charge in [0, 0.05) is 12.6 Å². The average Bonchev–Trinajstić information content (AvgIpc) is 2.40. The van der Waals surface area contributed by atoms with E-state index >= 15 is 0 Å². The molecule has 1 aliphatic rings. The van der Waals surface area contributed by atoms with Crippen LogP contribution in [0.4, 0.5) is 0 Å². The van der Waals surface area contributed by atoms with Gasteiger partial charge in [0.2, 0.25) is 0 Å². The van der Waals surface area contributed by atoms with Gasteiger partial charge in [-0.2, -0.15) is 0 Å². The first kappa shape index (κ1) is 12.0. The van der Waals surface area contributed by atoms with Crippen molar-refractivity contribution in [2.24, 2.45) is 17.3 Å². The van der Waals surface area contributed by atoms with Crippen molar-refractivity contribution >= 4 is 0 Å². The molecule has 1 heteroatoms.